The Bertz CT molecular complexity index is 452. The van der Waals surface area contributed by atoms with Crippen LogP contribution in [-0.4, -0.2) is 42.1 Å². The van der Waals surface area contributed by atoms with Gasteiger partial charge in [-0.1, -0.05) is 26.8 Å². The van der Waals surface area contributed by atoms with E-state index in [1.165, 1.54) is 31.5 Å². The van der Waals surface area contributed by atoms with Crippen molar-refractivity contribution in [3.63, 3.8) is 0 Å². The predicted octanol–water partition coefficient (Wildman–Crippen LogP) is 3.05. The summed E-state index contributed by atoms with van der Waals surface area (Å²) in [4.78, 5) is 9.85. The molecule has 0 bridgehead atoms. The van der Waals surface area contributed by atoms with E-state index in [-0.39, 0.29) is 5.41 Å². The van der Waals surface area contributed by atoms with Crippen molar-refractivity contribution in [3.05, 3.63) is 23.9 Å². The Hall–Kier alpha value is -1.09. The monoisotopic (exact) mass is 273 g/mol. The fraction of sp³-hybridized carbons (Fsp3) is 0.706. The number of hydrogen-bond donors (Lipinski definition) is 0. The second-order valence-corrected chi connectivity index (χ2v) is 6.92. The van der Waals surface area contributed by atoms with Gasteiger partial charge in [0.15, 0.2) is 0 Å². The Kier molecular flexibility index (Phi) is 3.72. The molecule has 110 valence electrons. The molecule has 2 saturated heterocycles. The van der Waals surface area contributed by atoms with Crippen LogP contribution in [-0.2, 0) is 5.41 Å². The molecule has 1 atom stereocenters. The third kappa shape index (κ3) is 2.56. The maximum atomic E-state index is 4.74. The third-order valence-electron chi connectivity index (χ3n) is 5.32. The van der Waals surface area contributed by atoms with Gasteiger partial charge in [-0.25, -0.2) is 4.98 Å². The fourth-order valence-electron chi connectivity index (χ4n) is 3.38. The number of hydrogen-bond acceptors (Lipinski definition) is 3. The molecule has 3 rings (SSSR count). The van der Waals surface area contributed by atoms with Crippen molar-refractivity contribution in [2.45, 2.75) is 51.5 Å². The lowest BCUT2D eigenvalue weighted by molar-refractivity contribution is 0.230. The van der Waals surface area contributed by atoms with E-state index in [1.807, 2.05) is 0 Å². The smallest absolute Gasteiger partial charge is 0.128 e. The zero-order chi connectivity index (χ0) is 14.2. The van der Waals surface area contributed by atoms with Gasteiger partial charge in [0.1, 0.15) is 5.82 Å². The van der Waals surface area contributed by atoms with Gasteiger partial charge in [0.25, 0.3) is 0 Å². The fourth-order valence-corrected chi connectivity index (χ4v) is 3.38. The topological polar surface area (TPSA) is 19.4 Å². The van der Waals surface area contributed by atoms with E-state index >= 15 is 0 Å². The minimum Gasteiger partial charge on any atom is -0.354 e. The molecule has 2 aliphatic rings. The van der Waals surface area contributed by atoms with Crippen LogP contribution in [0.15, 0.2) is 18.3 Å². The lowest BCUT2D eigenvalue weighted by atomic mass is 9.83. The summed E-state index contributed by atoms with van der Waals surface area (Å²) >= 11 is 0. The van der Waals surface area contributed by atoms with Crippen LogP contribution in [0.1, 0.15) is 45.6 Å². The SMILES string of the molecule is CCC(C)(C)c1ccc(N2CCN3CCCC3C2)nc1. The first kappa shape index (κ1) is 13.9. The molecule has 1 unspecified atom stereocenters. The quantitative estimate of drug-likeness (QED) is 0.844. The van der Waals surface area contributed by atoms with E-state index in [4.69, 9.17) is 4.98 Å². The van der Waals surface area contributed by atoms with Crippen LogP contribution in [0.2, 0.25) is 0 Å². The Morgan fingerprint density at radius 2 is 2.10 bits per heavy atom. The number of pyridine rings is 1. The van der Waals surface area contributed by atoms with Crippen LogP contribution in [0, 0.1) is 0 Å². The van der Waals surface area contributed by atoms with Gasteiger partial charge in [-0.05, 0) is 42.9 Å². The highest BCUT2D eigenvalue weighted by molar-refractivity contribution is 5.41. The first-order valence-electron chi connectivity index (χ1n) is 8.06. The highest BCUT2D eigenvalue weighted by Gasteiger charge is 2.31. The summed E-state index contributed by atoms with van der Waals surface area (Å²) in [5.74, 6) is 1.16. The van der Waals surface area contributed by atoms with Crippen molar-refractivity contribution in [2.24, 2.45) is 0 Å². The second-order valence-electron chi connectivity index (χ2n) is 6.92. The van der Waals surface area contributed by atoms with Gasteiger partial charge < -0.3 is 4.90 Å². The number of anilines is 1. The summed E-state index contributed by atoms with van der Waals surface area (Å²) in [7, 11) is 0. The maximum absolute atomic E-state index is 4.74. The van der Waals surface area contributed by atoms with E-state index in [2.05, 4.69) is 48.9 Å². The zero-order valence-corrected chi connectivity index (χ0v) is 13.1. The minimum atomic E-state index is 0.232. The van der Waals surface area contributed by atoms with Crippen molar-refractivity contribution < 1.29 is 0 Å². The summed E-state index contributed by atoms with van der Waals surface area (Å²) in [5.41, 5.74) is 1.58. The molecule has 3 nitrogen and oxygen atoms in total. The highest BCUT2D eigenvalue weighted by Crippen LogP contribution is 2.28. The molecular weight excluding hydrogens is 246 g/mol. The molecule has 0 aliphatic carbocycles. The molecule has 0 spiro atoms. The molecule has 2 aliphatic heterocycles. The van der Waals surface area contributed by atoms with Crippen molar-refractivity contribution in [1.82, 2.24) is 9.88 Å². The van der Waals surface area contributed by atoms with Crippen molar-refractivity contribution in [1.29, 1.82) is 0 Å². The molecular formula is C17H27N3. The van der Waals surface area contributed by atoms with Gasteiger partial charge in [0, 0.05) is 31.9 Å². The van der Waals surface area contributed by atoms with Crippen molar-refractivity contribution in [2.75, 3.05) is 31.1 Å². The number of fused-ring (bicyclic) bond motifs is 1. The molecule has 0 radical (unpaired) electrons. The second kappa shape index (κ2) is 5.36. The molecule has 3 heteroatoms. The predicted molar refractivity (Wildman–Crippen MR) is 84.4 cm³/mol. The lowest BCUT2D eigenvalue weighted by Crippen LogP contribution is -2.50. The molecule has 0 N–H and O–H groups in total. The van der Waals surface area contributed by atoms with E-state index in [0.717, 1.165) is 31.4 Å². The zero-order valence-electron chi connectivity index (χ0n) is 13.1. The molecule has 1 aromatic heterocycles. The standard InChI is InChI=1S/C17H27N3/c1-4-17(2,3)14-7-8-16(18-12-14)20-11-10-19-9-5-6-15(19)13-20/h7-8,12,15H,4-6,9-11,13H2,1-3H3. The minimum absolute atomic E-state index is 0.232. The van der Waals surface area contributed by atoms with Crippen LogP contribution in [0.4, 0.5) is 5.82 Å². The van der Waals surface area contributed by atoms with Gasteiger partial charge >= 0.3 is 0 Å². The summed E-state index contributed by atoms with van der Waals surface area (Å²) in [6, 6.07) is 5.25. The number of rotatable bonds is 3. The summed E-state index contributed by atoms with van der Waals surface area (Å²) < 4.78 is 0. The van der Waals surface area contributed by atoms with Crippen molar-refractivity contribution in [3.8, 4) is 0 Å². The first-order valence-corrected chi connectivity index (χ1v) is 8.06. The van der Waals surface area contributed by atoms with Gasteiger partial charge in [0.2, 0.25) is 0 Å². The normalized spacial score (nSPS) is 23.9. The first-order chi connectivity index (χ1) is 9.60. The van der Waals surface area contributed by atoms with Gasteiger partial charge in [-0.3, -0.25) is 4.90 Å². The van der Waals surface area contributed by atoms with Gasteiger partial charge in [0.05, 0.1) is 0 Å². The van der Waals surface area contributed by atoms with Crippen LogP contribution >= 0.6 is 0 Å². The Morgan fingerprint density at radius 1 is 1.25 bits per heavy atom. The van der Waals surface area contributed by atoms with Crippen LogP contribution in [0.5, 0.6) is 0 Å². The van der Waals surface area contributed by atoms with E-state index in [9.17, 15) is 0 Å². The molecule has 2 fully saturated rings. The molecule has 0 saturated carbocycles. The number of piperazine rings is 1. The Balaban J connectivity index is 1.72. The van der Waals surface area contributed by atoms with Gasteiger partial charge in [-0.2, -0.15) is 0 Å². The van der Waals surface area contributed by atoms with E-state index < -0.39 is 0 Å². The summed E-state index contributed by atoms with van der Waals surface area (Å²) in [5, 5.41) is 0. The Labute approximate surface area is 123 Å². The van der Waals surface area contributed by atoms with E-state index in [1.54, 1.807) is 0 Å². The molecule has 1 aromatic rings. The molecule has 20 heavy (non-hydrogen) atoms. The third-order valence-corrected chi connectivity index (χ3v) is 5.32. The average molecular weight is 273 g/mol. The van der Waals surface area contributed by atoms with Crippen LogP contribution in [0.3, 0.4) is 0 Å². The van der Waals surface area contributed by atoms with Crippen LogP contribution in [0.25, 0.3) is 0 Å². The van der Waals surface area contributed by atoms with Crippen LogP contribution < -0.4 is 4.90 Å². The molecule has 0 aromatic carbocycles. The number of aromatic nitrogens is 1. The Morgan fingerprint density at radius 3 is 2.80 bits per heavy atom. The maximum Gasteiger partial charge on any atom is 0.128 e. The largest absolute Gasteiger partial charge is 0.354 e. The van der Waals surface area contributed by atoms with Crippen molar-refractivity contribution >= 4 is 5.82 Å². The summed E-state index contributed by atoms with van der Waals surface area (Å²) in [6.07, 6.45) is 5.96. The summed E-state index contributed by atoms with van der Waals surface area (Å²) in [6.45, 7) is 11.6. The number of nitrogens with zero attached hydrogens (tertiary/aromatic N) is 3. The molecule has 3 heterocycles. The highest BCUT2D eigenvalue weighted by atomic mass is 15.3. The average Bonchev–Trinajstić information content (AvgIpc) is 2.94. The van der Waals surface area contributed by atoms with E-state index in [0.29, 0.717) is 0 Å². The van der Waals surface area contributed by atoms with Gasteiger partial charge in [-0.15, -0.1) is 0 Å². The molecule has 0 amide bonds. The lowest BCUT2D eigenvalue weighted by Gasteiger charge is -2.38.